The van der Waals surface area contributed by atoms with Gasteiger partial charge < -0.3 is 20.3 Å². The summed E-state index contributed by atoms with van der Waals surface area (Å²) in [6, 6.07) is 14.5. The molecule has 2 saturated heterocycles. The van der Waals surface area contributed by atoms with Crippen molar-refractivity contribution in [1.82, 2.24) is 10.6 Å². The highest BCUT2D eigenvalue weighted by Gasteiger charge is 2.35. The highest BCUT2D eigenvalue weighted by Crippen LogP contribution is 2.34. The van der Waals surface area contributed by atoms with Crippen molar-refractivity contribution in [1.29, 1.82) is 0 Å². The number of benzene rings is 2. The Hall–Kier alpha value is -1.94. The fraction of sp³-hybridized carbons (Fsp3) is 0.458. The number of ether oxygens (including phenoxy) is 1. The molecule has 32 heavy (non-hydrogen) atoms. The Balaban J connectivity index is 0.00000289. The molecule has 2 aliphatic heterocycles. The van der Waals surface area contributed by atoms with Crippen molar-refractivity contribution in [3.8, 4) is 0 Å². The lowest BCUT2D eigenvalue weighted by molar-refractivity contribution is 0.0513. The van der Waals surface area contributed by atoms with E-state index in [0.29, 0.717) is 18.8 Å². The lowest BCUT2D eigenvalue weighted by atomic mass is 9.74. The van der Waals surface area contributed by atoms with Crippen LogP contribution in [-0.4, -0.2) is 51.9 Å². The van der Waals surface area contributed by atoms with Crippen molar-refractivity contribution in [2.45, 2.75) is 30.7 Å². The van der Waals surface area contributed by atoms with Gasteiger partial charge in [0.1, 0.15) is 11.6 Å². The normalized spacial score (nSPS) is 20.5. The van der Waals surface area contributed by atoms with Gasteiger partial charge >= 0.3 is 0 Å². The molecule has 2 aromatic rings. The molecule has 1 atom stereocenters. The molecule has 2 fully saturated rings. The van der Waals surface area contributed by atoms with E-state index in [4.69, 9.17) is 4.74 Å². The van der Waals surface area contributed by atoms with E-state index in [2.05, 4.69) is 39.9 Å². The van der Waals surface area contributed by atoms with Crippen LogP contribution in [-0.2, 0) is 10.2 Å². The second kappa shape index (κ2) is 11.3. The summed E-state index contributed by atoms with van der Waals surface area (Å²) in [4.78, 5) is 6.36. The van der Waals surface area contributed by atoms with Crippen LogP contribution in [0.3, 0.4) is 0 Å². The number of anilines is 1. The van der Waals surface area contributed by atoms with Gasteiger partial charge in [0.15, 0.2) is 5.96 Å². The molecule has 0 saturated carbocycles. The molecule has 0 radical (unpaired) electrons. The molecule has 8 heteroatoms. The molecule has 0 aliphatic carbocycles. The Labute approximate surface area is 205 Å². The quantitative estimate of drug-likeness (QED) is 0.331. The predicted octanol–water partition coefficient (Wildman–Crippen LogP) is 4.07. The number of aliphatic imine (C=N–C) groups is 1. The van der Waals surface area contributed by atoms with Crippen LogP contribution in [0.15, 0.2) is 53.5 Å². The van der Waals surface area contributed by atoms with Crippen molar-refractivity contribution in [3.05, 3.63) is 65.7 Å². The number of hydrogen-bond acceptors (Lipinski definition) is 3. The van der Waals surface area contributed by atoms with Crippen LogP contribution in [0.4, 0.5) is 14.5 Å². The molecule has 5 nitrogen and oxygen atoms in total. The van der Waals surface area contributed by atoms with Gasteiger partial charge in [-0.25, -0.2) is 8.78 Å². The van der Waals surface area contributed by atoms with Crippen LogP contribution in [0.1, 0.15) is 24.8 Å². The highest BCUT2D eigenvalue weighted by molar-refractivity contribution is 14.0. The first-order valence-electron chi connectivity index (χ1n) is 10.9. The minimum Gasteiger partial charge on any atom is -0.381 e. The van der Waals surface area contributed by atoms with E-state index in [0.717, 1.165) is 51.0 Å². The molecular formula is C24H31F2IN4O. The second-order valence-corrected chi connectivity index (χ2v) is 8.36. The van der Waals surface area contributed by atoms with E-state index >= 15 is 0 Å². The number of nitrogens with one attached hydrogen (secondary N) is 2. The third kappa shape index (κ3) is 5.70. The Morgan fingerprint density at radius 1 is 1.16 bits per heavy atom. The summed E-state index contributed by atoms with van der Waals surface area (Å²) in [7, 11) is 1.76. The number of guanidine groups is 1. The first-order chi connectivity index (χ1) is 15.1. The van der Waals surface area contributed by atoms with Crippen LogP contribution < -0.4 is 15.5 Å². The summed E-state index contributed by atoms with van der Waals surface area (Å²) < 4.78 is 33.0. The summed E-state index contributed by atoms with van der Waals surface area (Å²) >= 11 is 0. The van der Waals surface area contributed by atoms with Crippen LogP contribution in [0.2, 0.25) is 0 Å². The second-order valence-electron chi connectivity index (χ2n) is 8.36. The lowest BCUT2D eigenvalue weighted by Gasteiger charge is -2.38. The van der Waals surface area contributed by atoms with Gasteiger partial charge in [0.05, 0.1) is 5.69 Å². The van der Waals surface area contributed by atoms with E-state index in [1.165, 1.54) is 17.7 Å². The van der Waals surface area contributed by atoms with E-state index in [9.17, 15) is 8.78 Å². The maximum Gasteiger partial charge on any atom is 0.191 e. The standard InChI is InChI=1S/C24H30F2N4O.HI/c1-27-23(28-17-24(10-13-31-14-11-24)18-5-3-2-4-6-18)29-20-9-12-30(16-20)22-8-7-19(25)15-21(22)26;/h2-8,15,20H,9-14,16-17H2,1H3,(H2,27,28,29);1H. The molecule has 4 rings (SSSR count). The summed E-state index contributed by atoms with van der Waals surface area (Å²) in [5.41, 5.74) is 1.77. The molecule has 2 aliphatic rings. The molecule has 0 bridgehead atoms. The maximum absolute atomic E-state index is 14.1. The van der Waals surface area contributed by atoms with Crippen molar-refractivity contribution in [2.24, 2.45) is 4.99 Å². The minimum atomic E-state index is -0.555. The molecular weight excluding hydrogens is 525 g/mol. The van der Waals surface area contributed by atoms with Crippen molar-refractivity contribution >= 4 is 35.6 Å². The van der Waals surface area contributed by atoms with Crippen LogP contribution in [0.25, 0.3) is 0 Å². The number of rotatable bonds is 5. The van der Waals surface area contributed by atoms with Crippen molar-refractivity contribution < 1.29 is 13.5 Å². The molecule has 174 valence electrons. The molecule has 0 amide bonds. The fourth-order valence-electron chi connectivity index (χ4n) is 4.60. The third-order valence-electron chi connectivity index (χ3n) is 6.43. The largest absolute Gasteiger partial charge is 0.381 e. The van der Waals surface area contributed by atoms with E-state index < -0.39 is 11.6 Å². The minimum absolute atomic E-state index is 0. The lowest BCUT2D eigenvalue weighted by Crippen LogP contribution is -2.50. The molecule has 2 aromatic carbocycles. The molecule has 2 heterocycles. The maximum atomic E-state index is 14.1. The van der Waals surface area contributed by atoms with Crippen molar-refractivity contribution in [2.75, 3.05) is 44.8 Å². The third-order valence-corrected chi connectivity index (χ3v) is 6.43. The average molecular weight is 556 g/mol. The van der Waals surface area contributed by atoms with Gasteiger partial charge in [0.2, 0.25) is 0 Å². The van der Waals surface area contributed by atoms with Gasteiger partial charge in [-0.2, -0.15) is 0 Å². The SMILES string of the molecule is CN=C(NCC1(c2ccccc2)CCOCC1)NC1CCN(c2ccc(F)cc2F)C1.I. The Kier molecular flexibility index (Phi) is 8.70. The van der Waals surface area contributed by atoms with E-state index in [1.54, 1.807) is 7.05 Å². The Morgan fingerprint density at radius 3 is 2.59 bits per heavy atom. The summed E-state index contributed by atoms with van der Waals surface area (Å²) in [5.74, 6) is -0.333. The van der Waals surface area contributed by atoms with Crippen LogP contribution in [0, 0.1) is 11.6 Å². The van der Waals surface area contributed by atoms with Crippen LogP contribution in [0.5, 0.6) is 0 Å². The van der Waals surface area contributed by atoms with Crippen LogP contribution >= 0.6 is 24.0 Å². The van der Waals surface area contributed by atoms with Gasteiger partial charge in [-0.1, -0.05) is 30.3 Å². The van der Waals surface area contributed by atoms with Gasteiger partial charge in [-0.15, -0.1) is 24.0 Å². The number of halogens is 3. The average Bonchev–Trinajstić information content (AvgIpc) is 3.26. The Morgan fingerprint density at radius 2 is 1.91 bits per heavy atom. The first kappa shape index (κ1) is 24.7. The van der Waals surface area contributed by atoms with Crippen molar-refractivity contribution in [3.63, 3.8) is 0 Å². The smallest absolute Gasteiger partial charge is 0.191 e. The first-order valence-corrected chi connectivity index (χ1v) is 10.9. The topological polar surface area (TPSA) is 48.9 Å². The summed E-state index contributed by atoms with van der Waals surface area (Å²) in [6.07, 6.45) is 2.78. The summed E-state index contributed by atoms with van der Waals surface area (Å²) in [6.45, 7) is 3.62. The zero-order valence-corrected chi connectivity index (χ0v) is 20.7. The Bertz CT molecular complexity index is 906. The zero-order chi connectivity index (χ0) is 21.7. The fourth-order valence-corrected chi connectivity index (χ4v) is 4.60. The predicted molar refractivity (Wildman–Crippen MR) is 135 cm³/mol. The molecule has 0 spiro atoms. The van der Waals surface area contributed by atoms with Gasteiger partial charge in [0, 0.05) is 57.4 Å². The molecule has 1 unspecified atom stereocenters. The van der Waals surface area contributed by atoms with Gasteiger partial charge in [0.25, 0.3) is 0 Å². The van der Waals surface area contributed by atoms with Gasteiger partial charge in [-0.3, -0.25) is 4.99 Å². The van der Waals surface area contributed by atoms with E-state index in [1.807, 2.05) is 11.0 Å². The molecule has 2 N–H and O–H groups in total. The number of nitrogens with zero attached hydrogens (tertiary/aromatic N) is 2. The zero-order valence-electron chi connectivity index (χ0n) is 18.3. The monoisotopic (exact) mass is 556 g/mol. The summed E-state index contributed by atoms with van der Waals surface area (Å²) in [5, 5.41) is 6.99. The molecule has 0 aromatic heterocycles. The highest BCUT2D eigenvalue weighted by atomic mass is 127. The van der Waals surface area contributed by atoms with E-state index in [-0.39, 0.29) is 35.4 Å². The van der Waals surface area contributed by atoms with Gasteiger partial charge in [-0.05, 0) is 37.0 Å². The number of hydrogen-bond donors (Lipinski definition) is 2.